The van der Waals surface area contributed by atoms with Crippen LogP contribution in [0.2, 0.25) is 0 Å². The number of likely N-dealkylation sites (tertiary alicyclic amines) is 1. The molecular formula is C39H40FN11O6. The molecule has 4 aliphatic rings. The first-order valence-electron chi connectivity index (χ1n) is 18.9. The first-order chi connectivity index (χ1) is 27.2. The van der Waals surface area contributed by atoms with E-state index < -0.39 is 46.8 Å². The van der Waals surface area contributed by atoms with E-state index in [1.165, 1.54) is 10.7 Å². The molecule has 2 N–H and O–H groups in total. The van der Waals surface area contributed by atoms with Gasteiger partial charge in [0.05, 0.1) is 36.5 Å². The Hall–Kier alpha value is -6.30. The molecule has 0 aliphatic carbocycles. The molecule has 5 aromatic rings. The summed E-state index contributed by atoms with van der Waals surface area (Å²) in [6.45, 7) is 7.54. The van der Waals surface area contributed by atoms with Gasteiger partial charge in [0, 0.05) is 55.7 Å². The van der Waals surface area contributed by atoms with Gasteiger partial charge in [-0.25, -0.2) is 13.9 Å². The predicted octanol–water partition coefficient (Wildman–Crippen LogP) is 3.17. The summed E-state index contributed by atoms with van der Waals surface area (Å²) >= 11 is 0. The molecule has 0 radical (unpaired) electrons. The molecule has 294 valence electrons. The second kappa shape index (κ2) is 13.4. The van der Waals surface area contributed by atoms with Gasteiger partial charge >= 0.3 is 0 Å². The highest BCUT2D eigenvalue weighted by molar-refractivity contribution is 6.23. The molecular weight excluding hydrogens is 737 g/mol. The van der Waals surface area contributed by atoms with Gasteiger partial charge in [-0.3, -0.25) is 43.8 Å². The molecule has 0 spiro atoms. The Morgan fingerprint density at radius 1 is 1.05 bits per heavy atom. The van der Waals surface area contributed by atoms with E-state index in [1.54, 1.807) is 42.7 Å². The quantitative estimate of drug-likeness (QED) is 0.220. The van der Waals surface area contributed by atoms with E-state index in [2.05, 4.69) is 25.6 Å². The number of alkyl halides is 1. The molecule has 9 rings (SSSR count). The Bertz CT molecular complexity index is 2490. The van der Waals surface area contributed by atoms with Crippen LogP contribution < -0.4 is 20.3 Å². The molecule has 0 bridgehead atoms. The second-order valence-electron chi connectivity index (χ2n) is 16.2. The number of ether oxygens (including phenoxy) is 1. The van der Waals surface area contributed by atoms with Crippen LogP contribution >= 0.6 is 0 Å². The number of carbonyl (C=O) groups excluding carboxylic acids is 5. The number of piperidine rings is 2. The van der Waals surface area contributed by atoms with Crippen molar-refractivity contribution in [3.63, 3.8) is 0 Å². The maximum absolute atomic E-state index is 16.1. The van der Waals surface area contributed by atoms with Gasteiger partial charge < -0.3 is 15.0 Å². The Morgan fingerprint density at radius 2 is 1.82 bits per heavy atom. The summed E-state index contributed by atoms with van der Waals surface area (Å²) in [4.78, 5) is 77.7. The van der Waals surface area contributed by atoms with E-state index in [1.807, 2.05) is 36.5 Å². The fourth-order valence-corrected chi connectivity index (χ4v) is 8.10. The van der Waals surface area contributed by atoms with Crippen LogP contribution in [0.15, 0.2) is 55.1 Å². The van der Waals surface area contributed by atoms with Gasteiger partial charge in [0.15, 0.2) is 17.0 Å². The molecule has 57 heavy (non-hydrogen) atoms. The van der Waals surface area contributed by atoms with Crippen LogP contribution in [0.4, 0.5) is 15.8 Å². The normalized spacial score (nSPS) is 20.2. The number of hydrogen-bond donors (Lipinski definition) is 2. The van der Waals surface area contributed by atoms with Gasteiger partial charge in [0.2, 0.25) is 17.7 Å². The van der Waals surface area contributed by atoms with E-state index >= 15 is 4.39 Å². The third kappa shape index (κ3) is 6.72. The first kappa shape index (κ1) is 36.3. The lowest BCUT2D eigenvalue weighted by atomic mass is 9.92. The zero-order valence-corrected chi connectivity index (χ0v) is 31.6. The van der Waals surface area contributed by atoms with Crippen LogP contribution in [0, 0.1) is 0 Å². The molecule has 18 heteroatoms. The number of imide groups is 2. The van der Waals surface area contributed by atoms with Crippen LogP contribution in [0.1, 0.15) is 83.6 Å². The summed E-state index contributed by atoms with van der Waals surface area (Å²) in [5.74, 6) is -2.43. The van der Waals surface area contributed by atoms with Crippen LogP contribution in [-0.4, -0.2) is 119 Å². The third-order valence-electron chi connectivity index (χ3n) is 10.8. The third-order valence-corrected chi connectivity index (χ3v) is 10.8. The number of halogens is 1. The van der Waals surface area contributed by atoms with Crippen molar-refractivity contribution in [3.8, 4) is 5.88 Å². The zero-order chi connectivity index (χ0) is 39.8. The van der Waals surface area contributed by atoms with Crippen molar-refractivity contribution in [1.29, 1.82) is 0 Å². The maximum atomic E-state index is 16.1. The lowest BCUT2D eigenvalue weighted by molar-refractivity contribution is -0.136. The van der Waals surface area contributed by atoms with E-state index in [0.717, 1.165) is 23.1 Å². The number of amides is 5. The van der Waals surface area contributed by atoms with Crippen molar-refractivity contribution < 1.29 is 33.1 Å². The maximum Gasteiger partial charge on any atom is 0.262 e. The van der Waals surface area contributed by atoms with Gasteiger partial charge in [0.1, 0.15) is 22.9 Å². The number of carbonyl (C=O) groups is 5. The van der Waals surface area contributed by atoms with Crippen molar-refractivity contribution in [2.75, 3.05) is 42.9 Å². The minimum Gasteiger partial charge on any atom is -0.470 e. The molecule has 17 nitrogen and oxygen atoms in total. The average Bonchev–Trinajstić information content (AvgIpc) is 3.84. The highest BCUT2D eigenvalue weighted by atomic mass is 19.1. The number of nitrogens with one attached hydrogen (secondary N) is 2. The van der Waals surface area contributed by atoms with Crippen molar-refractivity contribution in [3.05, 3.63) is 71.8 Å². The lowest BCUT2D eigenvalue weighted by Crippen LogP contribution is -2.64. The molecule has 4 aromatic heterocycles. The number of hydrogen-bond acceptors (Lipinski definition) is 12. The highest BCUT2D eigenvalue weighted by Gasteiger charge is 2.48. The largest absolute Gasteiger partial charge is 0.470 e. The Labute approximate surface area is 325 Å². The number of anilines is 2. The molecule has 1 atom stereocenters. The van der Waals surface area contributed by atoms with Crippen molar-refractivity contribution in [2.24, 2.45) is 0 Å². The lowest BCUT2D eigenvalue weighted by Gasteiger charge is -2.48. The summed E-state index contributed by atoms with van der Waals surface area (Å²) in [5.41, 5.74) is 0.517. The summed E-state index contributed by atoms with van der Waals surface area (Å²) in [6, 6.07) is 7.37. The fourth-order valence-electron chi connectivity index (χ4n) is 8.10. The standard InChI is InChI=1S/C39H40FN11O6/c1-38(2,3)57-35-28(43-33(53)27-17-42-49-12-4-11-41-32(27)49)15-22-18-50(46-31(22)45-35)23-9-13-47(14-10-23)19-39(40)20-48(21-39)24-5-6-25-26(16-24)37(56)51(36(25)55)29-7-8-30(52)44-34(29)54/h4-6,11-12,15-18,23,29H,7-10,13-14,19-21H2,1-3H3,(H,43,53)(H,44,52,54). The van der Waals surface area contributed by atoms with Crippen LogP contribution in [0.3, 0.4) is 0 Å². The second-order valence-corrected chi connectivity index (χ2v) is 16.2. The topological polar surface area (TPSA) is 189 Å². The van der Waals surface area contributed by atoms with Gasteiger partial charge in [0.25, 0.3) is 17.7 Å². The number of pyridine rings is 1. The molecule has 3 saturated heterocycles. The molecule has 1 aromatic carbocycles. The number of fused-ring (bicyclic) bond motifs is 3. The zero-order valence-electron chi connectivity index (χ0n) is 31.6. The molecule has 8 heterocycles. The van der Waals surface area contributed by atoms with E-state index in [9.17, 15) is 24.0 Å². The van der Waals surface area contributed by atoms with Crippen molar-refractivity contribution >= 4 is 57.6 Å². The van der Waals surface area contributed by atoms with Gasteiger partial charge in [-0.05, 0) is 70.4 Å². The summed E-state index contributed by atoms with van der Waals surface area (Å²) in [7, 11) is 0. The predicted molar refractivity (Wildman–Crippen MR) is 203 cm³/mol. The van der Waals surface area contributed by atoms with E-state index in [4.69, 9.17) is 14.8 Å². The molecule has 3 fully saturated rings. The Balaban J connectivity index is 0.830. The summed E-state index contributed by atoms with van der Waals surface area (Å²) < 4.78 is 25.7. The van der Waals surface area contributed by atoms with Gasteiger partial charge in [-0.15, -0.1) is 0 Å². The number of aromatic nitrogens is 6. The smallest absolute Gasteiger partial charge is 0.262 e. The number of rotatable bonds is 8. The Kier molecular flexibility index (Phi) is 8.56. The van der Waals surface area contributed by atoms with Gasteiger partial charge in [-0.2, -0.15) is 15.2 Å². The monoisotopic (exact) mass is 777 g/mol. The Morgan fingerprint density at radius 3 is 2.58 bits per heavy atom. The number of benzene rings is 1. The number of nitrogens with zero attached hydrogens (tertiary/aromatic N) is 9. The molecule has 4 aliphatic heterocycles. The minimum absolute atomic E-state index is 0.0411. The summed E-state index contributed by atoms with van der Waals surface area (Å²) in [6.07, 6.45) is 8.30. The van der Waals surface area contributed by atoms with E-state index in [-0.39, 0.29) is 55.5 Å². The molecule has 5 amide bonds. The van der Waals surface area contributed by atoms with E-state index in [0.29, 0.717) is 41.3 Å². The molecule has 1 unspecified atom stereocenters. The van der Waals surface area contributed by atoms with Crippen LogP contribution in [-0.2, 0) is 9.59 Å². The van der Waals surface area contributed by atoms with Gasteiger partial charge in [-0.1, -0.05) is 0 Å². The highest BCUT2D eigenvalue weighted by Crippen LogP contribution is 2.37. The van der Waals surface area contributed by atoms with Crippen LogP contribution in [0.5, 0.6) is 5.88 Å². The SMILES string of the molecule is CC(C)(C)Oc1nc2nn(C3CCN(CC4(F)CN(c5ccc6c(c5)C(=O)N(C5CCC(=O)NC5=O)C6=O)C4)CC3)cc2cc1NC(=O)c1cnn2cccnc12. The minimum atomic E-state index is -1.46. The first-order valence-corrected chi connectivity index (χ1v) is 18.9. The fraction of sp³-hybridized carbons (Fsp3) is 0.410. The van der Waals surface area contributed by atoms with Crippen molar-refractivity contribution in [2.45, 2.75) is 69.8 Å². The average molecular weight is 778 g/mol. The summed E-state index contributed by atoms with van der Waals surface area (Å²) in [5, 5.41) is 14.9. The van der Waals surface area contributed by atoms with Crippen LogP contribution in [0.25, 0.3) is 16.7 Å². The molecule has 0 saturated carbocycles. The van der Waals surface area contributed by atoms with Crippen molar-refractivity contribution in [1.82, 2.24) is 44.5 Å².